The number of carbonyl (C=O) groups excluding carboxylic acids is 1. The first-order chi connectivity index (χ1) is 11.4. The predicted octanol–water partition coefficient (Wildman–Crippen LogP) is 2.44. The molecule has 3 rings (SSSR count). The van der Waals surface area contributed by atoms with Crippen LogP contribution in [0.5, 0.6) is 5.75 Å². The number of hydrogen-bond donors (Lipinski definition) is 0. The van der Waals surface area contributed by atoms with Crippen LogP contribution in [0.25, 0.3) is 0 Å². The molecule has 2 aromatic carbocycles. The predicted molar refractivity (Wildman–Crippen MR) is 86.3 cm³/mol. The van der Waals surface area contributed by atoms with E-state index < -0.39 is 15.9 Å². The van der Waals surface area contributed by atoms with Crippen LogP contribution in [0.4, 0.5) is 0 Å². The Labute approximate surface area is 143 Å². The van der Waals surface area contributed by atoms with Crippen LogP contribution < -0.4 is 4.74 Å². The Bertz CT molecular complexity index is 966. The monoisotopic (exact) mass is 362 g/mol. The van der Waals surface area contributed by atoms with Crippen LogP contribution in [-0.4, -0.2) is 31.8 Å². The fourth-order valence-corrected chi connectivity index (χ4v) is 4.09. The quantitative estimate of drug-likeness (QED) is 0.833. The van der Waals surface area contributed by atoms with Gasteiger partial charge in [-0.3, -0.25) is 4.79 Å². The van der Waals surface area contributed by atoms with E-state index in [4.69, 9.17) is 21.6 Å². The molecule has 1 aliphatic rings. The SMILES string of the molecule is N#Cc1cccc(OCCN2C(=O)c3cc(Cl)ccc3S2(=O)=O)c1. The van der Waals surface area contributed by atoms with Crippen molar-refractivity contribution in [2.24, 2.45) is 0 Å². The van der Waals surface area contributed by atoms with Crippen LogP contribution in [0.3, 0.4) is 0 Å². The van der Waals surface area contributed by atoms with Gasteiger partial charge in [-0.1, -0.05) is 17.7 Å². The number of nitrogens with zero attached hydrogens (tertiary/aromatic N) is 2. The van der Waals surface area contributed by atoms with Crippen molar-refractivity contribution < 1.29 is 17.9 Å². The standard InChI is InChI=1S/C16H11ClN2O4S/c17-12-4-5-15-14(9-12)16(20)19(24(15,21)22)6-7-23-13-3-1-2-11(8-13)10-18/h1-5,8-9H,6-7H2. The number of carbonyl (C=O) groups is 1. The summed E-state index contributed by atoms with van der Waals surface area (Å²) in [6, 6.07) is 12.5. The molecule has 0 bridgehead atoms. The highest BCUT2D eigenvalue weighted by Gasteiger charge is 2.40. The van der Waals surface area contributed by atoms with Crippen LogP contribution in [0.15, 0.2) is 47.4 Å². The highest BCUT2D eigenvalue weighted by molar-refractivity contribution is 7.90. The minimum Gasteiger partial charge on any atom is -0.492 e. The summed E-state index contributed by atoms with van der Waals surface area (Å²) < 4.78 is 31.0. The molecular formula is C16H11ClN2O4S. The lowest BCUT2D eigenvalue weighted by Crippen LogP contribution is -2.33. The Kier molecular flexibility index (Phi) is 4.18. The van der Waals surface area contributed by atoms with Gasteiger partial charge in [0.05, 0.1) is 23.7 Å². The number of hydrogen-bond acceptors (Lipinski definition) is 5. The van der Waals surface area contributed by atoms with Crippen molar-refractivity contribution in [1.82, 2.24) is 4.31 Å². The summed E-state index contributed by atoms with van der Waals surface area (Å²) in [4.78, 5) is 12.2. The zero-order chi connectivity index (χ0) is 17.3. The van der Waals surface area contributed by atoms with Crippen molar-refractivity contribution in [3.8, 4) is 11.8 Å². The van der Waals surface area contributed by atoms with E-state index in [-0.39, 0.29) is 23.6 Å². The van der Waals surface area contributed by atoms with Gasteiger partial charge in [0, 0.05) is 5.02 Å². The molecule has 0 saturated heterocycles. The van der Waals surface area contributed by atoms with E-state index in [1.165, 1.54) is 24.3 Å². The lowest BCUT2D eigenvalue weighted by Gasteiger charge is -2.15. The molecule has 0 aliphatic carbocycles. The maximum absolute atomic E-state index is 12.4. The third-order valence-electron chi connectivity index (χ3n) is 3.49. The number of rotatable bonds is 4. The molecule has 0 spiro atoms. The Balaban J connectivity index is 1.75. The summed E-state index contributed by atoms with van der Waals surface area (Å²) in [5.41, 5.74) is 0.494. The smallest absolute Gasteiger partial charge is 0.269 e. The van der Waals surface area contributed by atoms with Crippen molar-refractivity contribution in [3.05, 3.63) is 58.6 Å². The molecule has 0 saturated carbocycles. The van der Waals surface area contributed by atoms with E-state index in [2.05, 4.69) is 0 Å². The second-order valence-corrected chi connectivity index (χ2v) is 7.28. The molecule has 6 nitrogen and oxygen atoms in total. The van der Waals surface area contributed by atoms with Gasteiger partial charge in [0.25, 0.3) is 15.9 Å². The van der Waals surface area contributed by atoms with Gasteiger partial charge in [0.1, 0.15) is 17.3 Å². The van der Waals surface area contributed by atoms with Crippen molar-refractivity contribution in [2.75, 3.05) is 13.2 Å². The molecule has 1 amide bonds. The molecule has 0 fully saturated rings. The zero-order valence-corrected chi connectivity index (χ0v) is 13.8. The minimum absolute atomic E-state index is 0.0262. The molecule has 0 N–H and O–H groups in total. The molecule has 122 valence electrons. The van der Waals surface area contributed by atoms with E-state index >= 15 is 0 Å². The molecule has 2 aromatic rings. The topological polar surface area (TPSA) is 87.5 Å². The molecule has 24 heavy (non-hydrogen) atoms. The van der Waals surface area contributed by atoms with Crippen LogP contribution >= 0.6 is 11.6 Å². The fraction of sp³-hybridized carbons (Fsp3) is 0.125. The first kappa shape index (κ1) is 16.3. The minimum atomic E-state index is -3.89. The first-order valence-electron chi connectivity index (χ1n) is 6.93. The highest BCUT2D eigenvalue weighted by Crippen LogP contribution is 2.31. The average Bonchev–Trinajstić information content (AvgIpc) is 2.75. The lowest BCUT2D eigenvalue weighted by atomic mass is 10.2. The van der Waals surface area contributed by atoms with Crippen molar-refractivity contribution in [3.63, 3.8) is 0 Å². The van der Waals surface area contributed by atoms with Gasteiger partial charge in [-0.05, 0) is 36.4 Å². The van der Waals surface area contributed by atoms with Gasteiger partial charge in [0.15, 0.2) is 0 Å². The van der Waals surface area contributed by atoms with E-state index in [0.717, 1.165) is 4.31 Å². The number of halogens is 1. The second kappa shape index (κ2) is 6.15. The summed E-state index contributed by atoms with van der Waals surface area (Å²) in [6.07, 6.45) is 0. The molecule has 8 heteroatoms. The van der Waals surface area contributed by atoms with E-state index in [9.17, 15) is 13.2 Å². The van der Waals surface area contributed by atoms with Crippen molar-refractivity contribution >= 4 is 27.5 Å². The Hall–Kier alpha value is -2.56. The number of nitriles is 1. The summed E-state index contributed by atoms with van der Waals surface area (Å²) in [5, 5.41) is 9.13. The fourth-order valence-electron chi connectivity index (χ4n) is 2.38. The number of sulfonamides is 1. The molecule has 1 aliphatic heterocycles. The normalized spacial score (nSPS) is 15.0. The number of ether oxygens (including phenoxy) is 1. The van der Waals surface area contributed by atoms with Gasteiger partial charge in [-0.15, -0.1) is 0 Å². The molecular weight excluding hydrogens is 352 g/mol. The van der Waals surface area contributed by atoms with Crippen molar-refractivity contribution in [2.45, 2.75) is 4.90 Å². The second-order valence-electron chi connectivity index (χ2n) is 5.01. The highest BCUT2D eigenvalue weighted by atomic mass is 35.5. The summed E-state index contributed by atoms with van der Waals surface area (Å²) in [7, 11) is -3.89. The molecule has 0 radical (unpaired) electrons. The van der Waals surface area contributed by atoms with Crippen LogP contribution in [0, 0.1) is 11.3 Å². The molecule has 0 unspecified atom stereocenters. The van der Waals surface area contributed by atoms with Gasteiger partial charge in [0.2, 0.25) is 0 Å². The molecule has 0 atom stereocenters. The Morgan fingerprint density at radius 1 is 1.21 bits per heavy atom. The van der Waals surface area contributed by atoms with Gasteiger partial charge in [-0.2, -0.15) is 5.26 Å². The maximum atomic E-state index is 12.4. The third kappa shape index (κ3) is 2.82. The van der Waals surface area contributed by atoms with Crippen molar-refractivity contribution in [1.29, 1.82) is 5.26 Å². The van der Waals surface area contributed by atoms with E-state index in [1.807, 2.05) is 6.07 Å². The Morgan fingerprint density at radius 3 is 2.75 bits per heavy atom. The summed E-state index contributed by atoms with van der Waals surface area (Å²) in [5.74, 6) is -0.194. The van der Waals surface area contributed by atoms with Crippen LogP contribution in [-0.2, 0) is 10.0 Å². The zero-order valence-electron chi connectivity index (χ0n) is 12.3. The lowest BCUT2D eigenvalue weighted by molar-refractivity contribution is 0.0857. The maximum Gasteiger partial charge on any atom is 0.269 e. The van der Waals surface area contributed by atoms with E-state index in [0.29, 0.717) is 16.3 Å². The number of benzene rings is 2. The number of amides is 1. The van der Waals surface area contributed by atoms with E-state index in [1.54, 1.807) is 18.2 Å². The molecule has 0 aromatic heterocycles. The summed E-state index contributed by atoms with van der Waals surface area (Å²) in [6.45, 7) is -0.161. The van der Waals surface area contributed by atoms with Gasteiger partial charge < -0.3 is 4.74 Å². The first-order valence-corrected chi connectivity index (χ1v) is 8.75. The van der Waals surface area contributed by atoms with Crippen LogP contribution in [0.1, 0.15) is 15.9 Å². The third-order valence-corrected chi connectivity index (χ3v) is 5.57. The molecule has 1 heterocycles. The largest absolute Gasteiger partial charge is 0.492 e. The summed E-state index contributed by atoms with van der Waals surface area (Å²) >= 11 is 5.83. The Morgan fingerprint density at radius 2 is 2.00 bits per heavy atom. The van der Waals surface area contributed by atoms with Crippen LogP contribution in [0.2, 0.25) is 5.02 Å². The average molecular weight is 363 g/mol. The van der Waals surface area contributed by atoms with Gasteiger partial charge in [-0.25, -0.2) is 12.7 Å². The number of fused-ring (bicyclic) bond motifs is 1. The van der Waals surface area contributed by atoms with Gasteiger partial charge >= 0.3 is 0 Å².